The number of fused-ring (bicyclic) bond motifs is 1. The van der Waals surface area contributed by atoms with Gasteiger partial charge in [0.2, 0.25) is 11.8 Å². The van der Waals surface area contributed by atoms with Crippen molar-refractivity contribution in [3.05, 3.63) is 46.7 Å². The molecule has 1 N–H and O–H groups in total. The fraction of sp³-hybridized carbons (Fsp3) is 0.333. The number of amides is 2. The molecule has 0 spiro atoms. The Bertz CT molecular complexity index is 934. The SMILES string of the molecule is CC1(C)CC(=O)N(CC(=O)NCc2cccs2)c2ccccc2S1(=O)=O. The third kappa shape index (κ3) is 3.39. The predicted molar refractivity (Wildman–Crippen MR) is 101 cm³/mol. The van der Waals surface area contributed by atoms with Gasteiger partial charge in [0, 0.05) is 11.3 Å². The van der Waals surface area contributed by atoms with Crippen molar-refractivity contribution in [3.8, 4) is 0 Å². The molecule has 0 unspecified atom stereocenters. The van der Waals surface area contributed by atoms with Crippen LogP contribution in [0.25, 0.3) is 0 Å². The Morgan fingerprint density at radius 2 is 1.96 bits per heavy atom. The van der Waals surface area contributed by atoms with Crippen LogP contribution in [0.2, 0.25) is 0 Å². The largest absolute Gasteiger partial charge is 0.350 e. The summed E-state index contributed by atoms with van der Waals surface area (Å²) in [6.07, 6.45) is -0.178. The van der Waals surface area contributed by atoms with Gasteiger partial charge in [-0.1, -0.05) is 18.2 Å². The summed E-state index contributed by atoms with van der Waals surface area (Å²) in [5, 5.41) is 4.69. The zero-order chi connectivity index (χ0) is 18.9. The van der Waals surface area contributed by atoms with Crippen molar-refractivity contribution < 1.29 is 18.0 Å². The molecule has 1 aliphatic rings. The van der Waals surface area contributed by atoms with Gasteiger partial charge in [0.15, 0.2) is 9.84 Å². The first-order valence-corrected chi connectivity index (χ1v) is 10.5. The molecule has 1 aliphatic heterocycles. The fourth-order valence-corrected chi connectivity index (χ4v) is 5.13. The second kappa shape index (κ2) is 6.85. The van der Waals surface area contributed by atoms with E-state index in [2.05, 4.69) is 5.32 Å². The Morgan fingerprint density at radius 3 is 2.65 bits per heavy atom. The molecule has 1 aromatic carbocycles. The molecular weight excluding hydrogens is 372 g/mol. The van der Waals surface area contributed by atoms with Crippen LogP contribution in [0, 0.1) is 0 Å². The summed E-state index contributed by atoms with van der Waals surface area (Å²) in [6.45, 7) is 3.24. The molecule has 0 bridgehead atoms. The van der Waals surface area contributed by atoms with Crippen LogP contribution in [0.3, 0.4) is 0 Å². The van der Waals surface area contributed by atoms with E-state index in [0.717, 1.165) is 4.88 Å². The highest BCUT2D eigenvalue weighted by Crippen LogP contribution is 2.38. The van der Waals surface area contributed by atoms with Crippen molar-refractivity contribution in [1.29, 1.82) is 0 Å². The number of rotatable bonds is 4. The molecule has 0 saturated carbocycles. The van der Waals surface area contributed by atoms with Gasteiger partial charge in [-0.3, -0.25) is 9.59 Å². The van der Waals surface area contributed by atoms with Crippen LogP contribution in [-0.2, 0) is 26.0 Å². The lowest BCUT2D eigenvalue weighted by molar-refractivity contribution is -0.124. The van der Waals surface area contributed by atoms with Crippen molar-refractivity contribution >= 4 is 38.7 Å². The quantitative estimate of drug-likeness (QED) is 0.866. The molecule has 2 amide bonds. The molecule has 0 aliphatic carbocycles. The van der Waals surface area contributed by atoms with Crippen LogP contribution in [0.5, 0.6) is 0 Å². The van der Waals surface area contributed by atoms with Crippen LogP contribution < -0.4 is 10.2 Å². The normalized spacial score (nSPS) is 18.1. The van der Waals surface area contributed by atoms with E-state index in [1.54, 1.807) is 18.2 Å². The predicted octanol–water partition coefficient (Wildman–Crippen LogP) is 2.35. The van der Waals surface area contributed by atoms with E-state index >= 15 is 0 Å². The van der Waals surface area contributed by atoms with Gasteiger partial charge >= 0.3 is 0 Å². The number of hydrogen-bond donors (Lipinski definition) is 1. The monoisotopic (exact) mass is 392 g/mol. The zero-order valence-corrected chi connectivity index (χ0v) is 16.2. The molecule has 8 heteroatoms. The van der Waals surface area contributed by atoms with E-state index in [1.165, 1.54) is 36.2 Å². The lowest BCUT2D eigenvalue weighted by Crippen LogP contribution is -2.42. The van der Waals surface area contributed by atoms with E-state index < -0.39 is 14.6 Å². The minimum Gasteiger partial charge on any atom is -0.350 e. The third-order valence-electron chi connectivity index (χ3n) is 4.39. The Labute approximate surface area is 156 Å². The van der Waals surface area contributed by atoms with Crippen molar-refractivity contribution in [2.45, 2.75) is 36.5 Å². The minimum absolute atomic E-state index is 0.0851. The van der Waals surface area contributed by atoms with Crippen LogP contribution in [-0.4, -0.2) is 31.5 Å². The van der Waals surface area contributed by atoms with Crippen molar-refractivity contribution in [1.82, 2.24) is 5.32 Å². The van der Waals surface area contributed by atoms with Crippen molar-refractivity contribution in [3.63, 3.8) is 0 Å². The van der Waals surface area contributed by atoms with E-state index in [-0.39, 0.29) is 35.4 Å². The number of nitrogens with zero attached hydrogens (tertiary/aromatic N) is 1. The van der Waals surface area contributed by atoms with Crippen LogP contribution >= 0.6 is 11.3 Å². The highest BCUT2D eigenvalue weighted by molar-refractivity contribution is 7.93. The Morgan fingerprint density at radius 1 is 1.23 bits per heavy atom. The highest BCUT2D eigenvalue weighted by Gasteiger charge is 2.44. The molecule has 0 atom stereocenters. The second-order valence-corrected chi connectivity index (χ2v) is 10.3. The number of para-hydroxylation sites is 1. The summed E-state index contributed by atoms with van der Waals surface area (Å²) in [4.78, 5) is 27.4. The zero-order valence-electron chi connectivity index (χ0n) is 14.6. The molecular formula is C18H20N2O4S2. The molecule has 26 heavy (non-hydrogen) atoms. The standard InChI is InChI=1S/C18H20N2O4S2/c1-18(2)10-17(22)20(12-16(21)19-11-13-6-5-9-25-13)14-7-3-4-8-15(14)26(18,23)24/h3-9H,10-12H2,1-2H3,(H,19,21). The molecule has 138 valence electrons. The second-order valence-electron chi connectivity index (χ2n) is 6.74. The maximum atomic E-state index is 12.9. The third-order valence-corrected chi connectivity index (χ3v) is 7.79. The van der Waals surface area contributed by atoms with Gasteiger partial charge in [0.25, 0.3) is 0 Å². The number of thiophene rings is 1. The first-order chi connectivity index (χ1) is 12.2. The number of hydrogen-bond acceptors (Lipinski definition) is 5. The number of carbonyl (C=O) groups excluding carboxylic acids is 2. The molecule has 2 aromatic rings. The maximum Gasteiger partial charge on any atom is 0.240 e. The van der Waals surface area contributed by atoms with E-state index in [0.29, 0.717) is 6.54 Å². The molecule has 1 aromatic heterocycles. The van der Waals surface area contributed by atoms with Gasteiger partial charge in [-0.25, -0.2) is 8.42 Å². The molecule has 0 radical (unpaired) electrons. The van der Waals surface area contributed by atoms with Crippen molar-refractivity contribution in [2.24, 2.45) is 0 Å². The molecule has 0 saturated heterocycles. The van der Waals surface area contributed by atoms with E-state index in [1.807, 2.05) is 17.5 Å². The fourth-order valence-electron chi connectivity index (χ4n) is 2.87. The lowest BCUT2D eigenvalue weighted by atomic mass is 10.1. The number of carbonyl (C=O) groups is 2. The van der Waals surface area contributed by atoms with Gasteiger partial charge < -0.3 is 10.2 Å². The Balaban J connectivity index is 1.89. The Hall–Kier alpha value is -2.19. The molecule has 3 rings (SSSR count). The summed E-state index contributed by atoms with van der Waals surface area (Å²) >= 11 is 1.53. The maximum absolute atomic E-state index is 12.9. The van der Waals surface area contributed by atoms with Gasteiger partial charge in [-0.05, 0) is 37.4 Å². The molecule has 6 nitrogen and oxygen atoms in total. The molecule has 0 fully saturated rings. The van der Waals surface area contributed by atoms with Gasteiger partial charge in [-0.2, -0.15) is 0 Å². The topological polar surface area (TPSA) is 83.6 Å². The minimum atomic E-state index is -3.70. The van der Waals surface area contributed by atoms with Crippen LogP contribution in [0.4, 0.5) is 5.69 Å². The summed E-state index contributed by atoms with van der Waals surface area (Å²) in [6, 6.07) is 10.1. The van der Waals surface area contributed by atoms with Crippen molar-refractivity contribution in [2.75, 3.05) is 11.4 Å². The number of anilines is 1. The summed E-state index contributed by atoms with van der Waals surface area (Å²) in [7, 11) is -3.70. The number of nitrogens with one attached hydrogen (secondary N) is 1. The smallest absolute Gasteiger partial charge is 0.240 e. The van der Waals surface area contributed by atoms with E-state index in [4.69, 9.17) is 0 Å². The average molecular weight is 393 g/mol. The lowest BCUT2D eigenvalue weighted by Gasteiger charge is -2.22. The van der Waals surface area contributed by atoms with Gasteiger partial charge in [0.1, 0.15) is 6.54 Å². The van der Waals surface area contributed by atoms with Gasteiger partial charge in [-0.15, -0.1) is 11.3 Å². The summed E-state index contributed by atoms with van der Waals surface area (Å²) in [5.41, 5.74) is 0.259. The summed E-state index contributed by atoms with van der Waals surface area (Å²) in [5.74, 6) is -0.714. The number of benzene rings is 1. The van der Waals surface area contributed by atoms with Crippen LogP contribution in [0.1, 0.15) is 25.1 Å². The number of sulfone groups is 1. The van der Waals surface area contributed by atoms with Crippen LogP contribution in [0.15, 0.2) is 46.7 Å². The first kappa shape index (κ1) is 18.6. The van der Waals surface area contributed by atoms with Gasteiger partial charge in [0.05, 0.1) is 21.9 Å². The first-order valence-electron chi connectivity index (χ1n) is 8.15. The Kier molecular flexibility index (Phi) is 4.90. The molecule has 2 heterocycles. The van der Waals surface area contributed by atoms with E-state index in [9.17, 15) is 18.0 Å². The summed E-state index contributed by atoms with van der Waals surface area (Å²) < 4.78 is 24.6. The average Bonchev–Trinajstić information content (AvgIpc) is 3.09. The highest BCUT2D eigenvalue weighted by atomic mass is 32.2.